The van der Waals surface area contributed by atoms with E-state index in [2.05, 4.69) is 27.0 Å². The van der Waals surface area contributed by atoms with Crippen molar-refractivity contribution in [3.63, 3.8) is 0 Å². The molecule has 1 aromatic heterocycles. The molecule has 0 saturated carbocycles. The number of imide groups is 1. The first-order chi connectivity index (χ1) is 16.6. The number of piperazine rings is 1. The van der Waals surface area contributed by atoms with Crippen molar-refractivity contribution in [3.8, 4) is 11.4 Å². The first kappa shape index (κ1) is 22.6. The Morgan fingerprint density at radius 1 is 1.09 bits per heavy atom. The number of aromatic nitrogens is 2. The lowest BCUT2D eigenvalue weighted by Gasteiger charge is -2.33. The van der Waals surface area contributed by atoms with Gasteiger partial charge in [-0.2, -0.15) is 0 Å². The van der Waals surface area contributed by atoms with Gasteiger partial charge in [-0.15, -0.1) is 0 Å². The van der Waals surface area contributed by atoms with Crippen LogP contribution in [0.4, 0.5) is 4.79 Å². The van der Waals surface area contributed by atoms with Gasteiger partial charge in [0.2, 0.25) is 0 Å². The van der Waals surface area contributed by atoms with Gasteiger partial charge in [-0.25, -0.2) is 4.98 Å². The van der Waals surface area contributed by atoms with Crippen molar-refractivity contribution >= 4 is 40.0 Å². The molecular formula is C25H27N5O3S. The number of carbonyl (C=O) groups excluding carboxylic acids is 2. The van der Waals surface area contributed by atoms with E-state index < -0.39 is 0 Å². The molecular weight excluding hydrogens is 450 g/mol. The van der Waals surface area contributed by atoms with Crippen LogP contribution in [0.5, 0.6) is 5.75 Å². The van der Waals surface area contributed by atoms with E-state index in [1.807, 2.05) is 47.0 Å². The minimum absolute atomic E-state index is 0.345. The van der Waals surface area contributed by atoms with E-state index in [-0.39, 0.29) is 11.1 Å². The van der Waals surface area contributed by atoms with E-state index >= 15 is 0 Å². The fourth-order valence-corrected chi connectivity index (χ4v) is 4.92. The lowest BCUT2D eigenvalue weighted by molar-refractivity contribution is -0.115. The van der Waals surface area contributed by atoms with Gasteiger partial charge in [-0.1, -0.05) is 19.1 Å². The Hall–Kier alpha value is -3.14. The van der Waals surface area contributed by atoms with E-state index in [9.17, 15) is 9.59 Å². The molecule has 2 aliphatic rings. The molecule has 0 spiro atoms. The Kier molecular flexibility index (Phi) is 6.66. The van der Waals surface area contributed by atoms with Crippen molar-refractivity contribution < 1.29 is 14.3 Å². The van der Waals surface area contributed by atoms with Crippen molar-refractivity contribution in [1.82, 2.24) is 24.7 Å². The highest BCUT2D eigenvalue weighted by atomic mass is 32.2. The number of nitrogens with one attached hydrogen (secondary N) is 1. The van der Waals surface area contributed by atoms with Crippen LogP contribution in [0, 0.1) is 0 Å². The number of amides is 2. The Morgan fingerprint density at radius 2 is 1.91 bits per heavy atom. The fourth-order valence-electron chi connectivity index (χ4n) is 4.24. The van der Waals surface area contributed by atoms with Crippen molar-refractivity contribution in [1.29, 1.82) is 0 Å². The minimum atomic E-state index is -0.360. The van der Waals surface area contributed by atoms with Gasteiger partial charge in [0.25, 0.3) is 11.1 Å². The monoisotopic (exact) mass is 477 g/mol. The summed E-state index contributed by atoms with van der Waals surface area (Å²) in [7, 11) is 0. The van der Waals surface area contributed by atoms with Crippen LogP contribution in [0.2, 0.25) is 0 Å². The maximum absolute atomic E-state index is 11.9. The van der Waals surface area contributed by atoms with Crippen LogP contribution in [0.25, 0.3) is 22.8 Å². The molecule has 2 aromatic carbocycles. The Morgan fingerprint density at radius 3 is 2.68 bits per heavy atom. The van der Waals surface area contributed by atoms with Gasteiger partial charge < -0.3 is 9.64 Å². The summed E-state index contributed by atoms with van der Waals surface area (Å²) < 4.78 is 8.07. The number of hydrogen-bond donors (Lipinski definition) is 1. The molecule has 2 amide bonds. The lowest BCUT2D eigenvalue weighted by Crippen LogP contribution is -2.47. The number of likely N-dealkylation sites (N-methyl/N-ethyl adjacent to an activating group) is 1. The molecule has 1 N–H and O–H groups in total. The van der Waals surface area contributed by atoms with Gasteiger partial charge in [-0.05, 0) is 54.2 Å². The Bertz CT molecular complexity index is 1250. The highest BCUT2D eigenvalue weighted by Gasteiger charge is 2.25. The molecule has 34 heavy (non-hydrogen) atoms. The third-order valence-electron chi connectivity index (χ3n) is 6.20. The molecule has 9 heteroatoms. The van der Waals surface area contributed by atoms with Gasteiger partial charge >= 0.3 is 0 Å². The Balaban J connectivity index is 1.29. The van der Waals surface area contributed by atoms with Gasteiger partial charge in [0.15, 0.2) is 0 Å². The molecule has 0 bridgehead atoms. The normalized spacial score (nSPS) is 18.7. The van der Waals surface area contributed by atoms with Gasteiger partial charge in [0.05, 0.1) is 21.6 Å². The number of benzene rings is 2. The van der Waals surface area contributed by atoms with Crippen LogP contribution < -0.4 is 10.1 Å². The summed E-state index contributed by atoms with van der Waals surface area (Å²) in [5.74, 6) is 0.461. The number of imidazole rings is 1. The highest BCUT2D eigenvalue weighted by molar-refractivity contribution is 8.18. The second-order valence-corrected chi connectivity index (χ2v) is 9.35. The van der Waals surface area contributed by atoms with E-state index in [0.717, 1.165) is 79.1 Å². The zero-order valence-corrected chi connectivity index (χ0v) is 19.9. The summed E-state index contributed by atoms with van der Waals surface area (Å²) in [5, 5.41) is 1.94. The van der Waals surface area contributed by atoms with Gasteiger partial charge in [0.1, 0.15) is 18.7 Å². The minimum Gasteiger partial charge on any atom is -0.492 e. The molecule has 5 rings (SSSR count). The van der Waals surface area contributed by atoms with Crippen molar-refractivity contribution in [2.45, 2.75) is 6.92 Å². The first-order valence-corrected chi connectivity index (χ1v) is 12.3. The summed E-state index contributed by atoms with van der Waals surface area (Å²) in [6.45, 7) is 9.32. The maximum atomic E-state index is 11.9. The largest absolute Gasteiger partial charge is 0.492 e. The molecule has 176 valence electrons. The summed E-state index contributed by atoms with van der Waals surface area (Å²) in [5.41, 5.74) is 3.54. The maximum Gasteiger partial charge on any atom is 0.290 e. The van der Waals surface area contributed by atoms with Crippen LogP contribution >= 0.6 is 11.8 Å². The third kappa shape index (κ3) is 5.01. The van der Waals surface area contributed by atoms with Crippen LogP contribution in [0.3, 0.4) is 0 Å². The lowest BCUT2D eigenvalue weighted by atomic mass is 10.1. The fraction of sp³-hybridized carbons (Fsp3) is 0.320. The average Bonchev–Trinajstić information content (AvgIpc) is 3.41. The van der Waals surface area contributed by atoms with Crippen molar-refractivity contribution in [2.75, 3.05) is 45.9 Å². The second-order valence-electron chi connectivity index (χ2n) is 8.34. The predicted molar refractivity (Wildman–Crippen MR) is 134 cm³/mol. The molecule has 0 unspecified atom stereocenters. The number of nitrogens with zero attached hydrogens (tertiary/aromatic N) is 4. The summed E-state index contributed by atoms with van der Waals surface area (Å²) in [4.78, 5) is 33.2. The first-order valence-electron chi connectivity index (χ1n) is 11.5. The number of thioether (sulfide) groups is 1. The molecule has 2 saturated heterocycles. The topological polar surface area (TPSA) is 79.7 Å². The van der Waals surface area contributed by atoms with E-state index in [1.54, 1.807) is 12.4 Å². The standard InChI is InChI=1S/C25H27N5O3S/c1-2-28-8-10-29(11-9-28)12-13-33-20-5-3-4-19(16-20)30-17-26-21-7-6-18(14-22(21)30)15-23-24(31)27-25(32)34-23/h3-7,14-17H,2,8-13H2,1H3,(H,27,31,32). The van der Waals surface area contributed by atoms with Gasteiger partial charge in [0, 0.05) is 38.8 Å². The predicted octanol–water partition coefficient (Wildman–Crippen LogP) is 3.37. The molecule has 2 aliphatic heterocycles. The molecule has 0 atom stereocenters. The summed E-state index contributed by atoms with van der Waals surface area (Å²) in [6, 6.07) is 13.8. The second kappa shape index (κ2) is 10.0. The Labute approximate surface area is 202 Å². The van der Waals surface area contributed by atoms with Crippen LogP contribution in [0.1, 0.15) is 12.5 Å². The third-order valence-corrected chi connectivity index (χ3v) is 7.01. The number of fused-ring (bicyclic) bond motifs is 1. The number of rotatable bonds is 7. The van der Waals surface area contributed by atoms with Crippen LogP contribution in [0.15, 0.2) is 53.7 Å². The van der Waals surface area contributed by atoms with Crippen molar-refractivity contribution in [2.24, 2.45) is 0 Å². The van der Waals surface area contributed by atoms with Crippen LogP contribution in [-0.2, 0) is 4.79 Å². The average molecular weight is 478 g/mol. The smallest absolute Gasteiger partial charge is 0.290 e. The van der Waals surface area contributed by atoms with Crippen LogP contribution in [-0.4, -0.2) is 76.4 Å². The summed E-state index contributed by atoms with van der Waals surface area (Å²) in [6.07, 6.45) is 3.51. The molecule has 2 fully saturated rings. The zero-order chi connectivity index (χ0) is 23.5. The van der Waals surface area contributed by atoms with E-state index in [0.29, 0.717) is 11.5 Å². The molecule has 0 radical (unpaired) electrons. The van der Waals surface area contributed by atoms with Gasteiger partial charge in [-0.3, -0.25) is 24.4 Å². The zero-order valence-electron chi connectivity index (χ0n) is 19.1. The highest BCUT2D eigenvalue weighted by Crippen LogP contribution is 2.28. The number of ether oxygens (including phenoxy) is 1. The van der Waals surface area contributed by atoms with E-state index in [1.165, 1.54) is 0 Å². The number of hydrogen-bond acceptors (Lipinski definition) is 7. The molecule has 0 aliphatic carbocycles. The SMILES string of the molecule is CCN1CCN(CCOc2cccc(-n3cnc4ccc(C=C5SC(=O)NC5=O)cc43)c2)CC1. The van der Waals surface area contributed by atoms with E-state index in [4.69, 9.17) is 4.74 Å². The molecule has 8 nitrogen and oxygen atoms in total. The summed E-state index contributed by atoms with van der Waals surface area (Å²) >= 11 is 0.914. The molecule has 3 heterocycles. The molecule has 3 aromatic rings. The quantitative estimate of drug-likeness (QED) is 0.523. The number of carbonyl (C=O) groups is 2. The van der Waals surface area contributed by atoms with Crippen molar-refractivity contribution in [3.05, 3.63) is 59.3 Å².